The van der Waals surface area contributed by atoms with E-state index in [1.807, 2.05) is 0 Å². The third-order valence-corrected chi connectivity index (χ3v) is 3.26. The van der Waals surface area contributed by atoms with Crippen molar-refractivity contribution in [2.24, 2.45) is 0 Å². The molecule has 2 aromatic rings. The molecule has 0 spiro atoms. The number of benzene rings is 2. The molecule has 104 valence electrons. The normalized spacial score (nSPS) is 11.1. The molecule has 0 amide bonds. The van der Waals surface area contributed by atoms with E-state index in [1.165, 1.54) is 12.1 Å². The zero-order valence-electron chi connectivity index (χ0n) is 10.7. The summed E-state index contributed by atoms with van der Waals surface area (Å²) in [6.07, 6.45) is 1.09. The van der Waals surface area contributed by atoms with Gasteiger partial charge in [0.05, 0.1) is 11.8 Å². The molecule has 2 rings (SSSR count). The van der Waals surface area contributed by atoms with Crippen LogP contribution in [0.5, 0.6) is 0 Å². The maximum atomic E-state index is 11.1. The van der Waals surface area contributed by atoms with E-state index in [9.17, 15) is 13.2 Å². The number of hydrogen-bond donors (Lipinski definition) is 2. The lowest BCUT2D eigenvalue weighted by atomic mass is 10.0. The number of hydrogen-bond acceptors (Lipinski definition) is 3. The van der Waals surface area contributed by atoms with Crippen molar-refractivity contribution in [3.05, 3.63) is 54.1 Å². The summed E-state index contributed by atoms with van der Waals surface area (Å²) in [7, 11) is -3.29. The van der Waals surface area contributed by atoms with Gasteiger partial charge in [-0.3, -0.25) is 4.72 Å². The first-order chi connectivity index (χ1) is 9.35. The van der Waals surface area contributed by atoms with Crippen LogP contribution in [0.3, 0.4) is 0 Å². The summed E-state index contributed by atoms with van der Waals surface area (Å²) < 4.78 is 24.6. The van der Waals surface area contributed by atoms with Crippen molar-refractivity contribution in [1.29, 1.82) is 0 Å². The fourth-order valence-electron chi connectivity index (χ4n) is 1.75. The minimum atomic E-state index is -3.29. The van der Waals surface area contributed by atoms with E-state index >= 15 is 0 Å². The fraction of sp³-hybridized carbons (Fsp3) is 0.0714. The Morgan fingerprint density at radius 3 is 1.80 bits per heavy atom. The second kappa shape index (κ2) is 5.34. The van der Waals surface area contributed by atoms with Crippen LogP contribution in [0.4, 0.5) is 5.69 Å². The molecule has 0 atom stereocenters. The van der Waals surface area contributed by atoms with Crippen molar-refractivity contribution in [1.82, 2.24) is 0 Å². The highest BCUT2D eigenvalue weighted by molar-refractivity contribution is 7.92. The van der Waals surface area contributed by atoms with Crippen LogP contribution < -0.4 is 4.72 Å². The van der Waals surface area contributed by atoms with Gasteiger partial charge in [0.2, 0.25) is 10.0 Å². The largest absolute Gasteiger partial charge is 0.478 e. The fourth-order valence-corrected chi connectivity index (χ4v) is 2.31. The second-order valence-electron chi connectivity index (χ2n) is 4.33. The maximum Gasteiger partial charge on any atom is 0.335 e. The summed E-state index contributed by atoms with van der Waals surface area (Å²) in [5.41, 5.74) is 2.45. The zero-order valence-corrected chi connectivity index (χ0v) is 11.5. The van der Waals surface area contributed by atoms with E-state index in [1.54, 1.807) is 36.4 Å². The van der Waals surface area contributed by atoms with Crippen molar-refractivity contribution >= 4 is 21.7 Å². The van der Waals surface area contributed by atoms with Crippen LogP contribution in [0.15, 0.2) is 48.5 Å². The van der Waals surface area contributed by atoms with Gasteiger partial charge in [0.15, 0.2) is 0 Å². The minimum Gasteiger partial charge on any atom is -0.478 e. The molecule has 0 aromatic heterocycles. The van der Waals surface area contributed by atoms with E-state index in [4.69, 9.17) is 5.11 Å². The average Bonchev–Trinajstić information content (AvgIpc) is 2.38. The number of carboxylic acids is 1. The number of sulfonamides is 1. The smallest absolute Gasteiger partial charge is 0.335 e. The van der Waals surface area contributed by atoms with Gasteiger partial charge in [-0.1, -0.05) is 24.3 Å². The molecule has 0 bridgehead atoms. The Hall–Kier alpha value is -2.34. The highest BCUT2D eigenvalue weighted by Crippen LogP contribution is 2.22. The first kappa shape index (κ1) is 14.1. The molecule has 5 nitrogen and oxygen atoms in total. The molecule has 0 saturated heterocycles. The molecular weight excluding hydrogens is 278 g/mol. The number of aromatic carboxylic acids is 1. The molecule has 0 aliphatic rings. The lowest BCUT2D eigenvalue weighted by Crippen LogP contribution is -2.09. The summed E-state index contributed by atoms with van der Waals surface area (Å²) in [6, 6.07) is 13.3. The maximum absolute atomic E-state index is 11.1. The van der Waals surface area contributed by atoms with Crippen molar-refractivity contribution < 1.29 is 18.3 Å². The molecule has 2 aromatic carbocycles. The van der Waals surface area contributed by atoms with Crippen LogP contribution in [-0.4, -0.2) is 25.7 Å². The molecule has 0 saturated carbocycles. The Morgan fingerprint density at radius 1 is 0.950 bits per heavy atom. The molecular formula is C14H13NO4S. The van der Waals surface area contributed by atoms with Crippen LogP contribution >= 0.6 is 0 Å². The molecule has 6 heteroatoms. The third-order valence-electron chi connectivity index (χ3n) is 2.65. The van der Waals surface area contributed by atoms with E-state index in [0.717, 1.165) is 17.4 Å². The molecule has 0 aliphatic carbocycles. The predicted molar refractivity (Wildman–Crippen MR) is 77.3 cm³/mol. The lowest BCUT2D eigenvalue weighted by molar-refractivity contribution is 0.0697. The summed E-state index contributed by atoms with van der Waals surface area (Å²) in [5, 5.41) is 8.83. The van der Waals surface area contributed by atoms with Gasteiger partial charge in [-0.2, -0.15) is 0 Å². The molecule has 0 fully saturated rings. The van der Waals surface area contributed by atoms with Crippen LogP contribution in [-0.2, 0) is 10.0 Å². The predicted octanol–water partition coefficient (Wildman–Crippen LogP) is 2.42. The van der Waals surface area contributed by atoms with Gasteiger partial charge >= 0.3 is 5.97 Å². The van der Waals surface area contributed by atoms with Gasteiger partial charge in [0.25, 0.3) is 0 Å². The second-order valence-corrected chi connectivity index (χ2v) is 6.08. The van der Waals surface area contributed by atoms with Gasteiger partial charge in [0, 0.05) is 5.69 Å². The molecule has 0 radical (unpaired) electrons. The van der Waals surface area contributed by atoms with Crippen molar-refractivity contribution in [2.75, 3.05) is 11.0 Å². The summed E-state index contributed by atoms with van der Waals surface area (Å²) >= 11 is 0. The monoisotopic (exact) mass is 291 g/mol. The molecule has 20 heavy (non-hydrogen) atoms. The van der Waals surface area contributed by atoms with Crippen LogP contribution in [0.1, 0.15) is 10.4 Å². The van der Waals surface area contributed by atoms with E-state index < -0.39 is 16.0 Å². The quantitative estimate of drug-likeness (QED) is 0.906. The van der Waals surface area contributed by atoms with Crippen molar-refractivity contribution in [2.45, 2.75) is 0 Å². The van der Waals surface area contributed by atoms with Crippen molar-refractivity contribution in [3.63, 3.8) is 0 Å². The molecule has 0 heterocycles. The lowest BCUT2D eigenvalue weighted by Gasteiger charge is -2.06. The SMILES string of the molecule is CS(=O)(=O)Nc1ccc(-c2ccc(C(=O)O)cc2)cc1. The highest BCUT2D eigenvalue weighted by atomic mass is 32.2. The number of anilines is 1. The van der Waals surface area contributed by atoms with Gasteiger partial charge in [-0.25, -0.2) is 13.2 Å². The minimum absolute atomic E-state index is 0.226. The molecule has 0 unspecified atom stereocenters. The molecule has 2 N–H and O–H groups in total. The van der Waals surface area contributed by atoms with Gasteiger partial charge in [0.1, 0.15) is 0 Å². The van der Waals surface area contributed by atoms with Gasteiger partial charge < -0.3 is 5.11 Å². The molecule has 0 aliphatic heterocycles. The van der Waals surface area contributed by atoms with Gasteiger partial charge in [-0.15, -0.1) is 0 Å². The van der Waals surface area contributed by atoms with Crippen molar-refractivity contribution in [3.8, 4) is 11.1 Å². The summed E-state index contributed by atoms with van der Waals surface area (Å²) in [4.78, 5) is 10.8. The Balaban J connectivity index is 2.23. The topological polar surface area (TPSA) is 83.5 Å². The Kier molecular flexibility index (Phi) is 3.76. The Morgan fingerprint density at radius 2 is 1.40 bits per heavy atom. The van der Waals surface area contributed by atoms with E-state index in [-0.39, 0.29) is 5.56 Å². The van der Waals surface area contributed by atoms with Gasteiger partial charge in [-0.05, 0) is 35.4 Å². The summed E-state index contributed by atoms with van der Waals surface area (Å²) in [6.45, 7) is 0. The number of carbonyl (C=O) groups is 1. The Bertz CT molecular complexity index is 719. The number of carboxylic acid groups (broad SMARTS) is 1. The van der Waals surface area contributed by atoms with E-state index in [2.05, 4.69) is 4.72 Å². The first-order valence-electron chi connectivity index (χ1n) is 5.77. The Labute approximate surface area is 116 Å². The third kappa shape index (κ3) is 3.58. The first-order valence-corrected chi connectivity index (χ1v) is 7.66. The standard InChI is InChI=1S/C14H13NO4S/c1-20(18,19)15-13-8-6-11(7-9-13)10-2-4-12(5-3-10)14(16)17/h2-9,15H,1H3,(H,16,17). The number of nitrogens with one attached hydrogen (secondary N) is 1. The van der Waals surface area contributed by atoms with Crippen LogP contribution in [0, 0.1) is 0 Å². The number of rotatable bonds is 4. The highest BCUT2D eigenvalue weighted by Gasteiger charge is 2.04. The van der Waals surface area contributed by atoms with Crippen LogP contribution in [0.25, 0.3) is 11.1 Å². The van der Waals surface area contributed by atoms with Crippen LogP contribution in [0.2, 0.25) is 0 Å². The zero-order chi connectivity index (χ0) is 14.8. The summed E-state index contributed by atoms with van der Waals surface area (Å²) in [5.74, 6) is -0.968. The average molecular weight is 291 g/mol. The van der Waals surface area contributed by atoms with E-state index in [0.29, 0.717) is 5.69 Å².